The minimum absolute atomic E-state index is 0.325. The highest BCUT2D eigenvalue weighted by Gasteiger charge is 2.29. The van der Waals surface area contributed by atoms with Gasteiger partial charge in [0.15, 0.2) is 5.13 Å². The molecule has 1 aromatic heterocycles. The van der Waals surface area contributed by atoms with Crippen LogP contribution < -0.4 is 4.90 Å². The van der Waals surface area contributed by atoms with Crippen molar-refractivity contribution in [1.29, 1.82) is 0 Å². The maximum atomic E-state index is 10.2. The molecular weight excluding hydrogens is 280 g/mol. The topological polar surface area (TPSA) is 36.4 Å². The van der Waals surface area contributed by atoms with Crippen molar-refractivity contribution in [3.8, 4) is 0 Å². The van der Waals surface area contributed by atoms with Gasteiger partial charge in [-0.05, 0) is 44.4 Å². The molecule has 1 heterocycles. The summed E-state index contributed by atoms with van der Waals surface area (Å²) in [6.45, 7) is 5.71. The van der Waals surface area contributed by atoms with Gasteiger partial charge in [-0.1, -0.05) is 26.7 Å². The molecular formula is C17H28N2OS. The zero-order valence-electron chi connectivity index (χ0n) is 13.3. The standard InChI is InChI=1S/C17H28N2OS/c1-12(2)10-11-19(13-6-3-4-7-13)17-18-16-14(20)8-5-9-15(16)21-17/h12-14,20H,3-11H2,1-2H3. The molecule has 0 amide bonds. The van der Waals surface area contributed by atoms with E-state index in [1.807, 2.05) is 11.3 Å². The third-order valence-electron chi connectivity index (χ3n) is 4.87. The molecule has 3 rings (SSSR count). The maximum Gasteiger partial charge on any atom is 0.186 e. The van der Waals surface area contributed by atoms with Gasteiger partial charge in [-0.15, -0.1) is 11.3 Å². The van der Waals surface area contributed by atoms with Crippen LogP contribution in [0, 0.1) is 5.92 Å². The fourth-order valence-electron chi connectivity index (χ4n) is 3.55. The Morgan fingerprint density at radius 3 is 2.67 bits per heavy atom. The van der Waals surface area contributed by atoms with Gasteiger partial charge in [0.05, 0.1) is 11.8 Å². The van der Waals surface area contributed by atoms with Gasteiger partial charge in [-0.25, -0.2) is 4.98 Å². The number of aryl methyl sites for hydroxylation is 1. The lowest BCUT2D eigenvalue weighted by atomic mass is 10.0. The van der Waals surface area contributed by atoms with Crippen LogP contribution in [-0.2, 0) is 6.42 Å². The molecule has 1 N–H and O–H groups in total. The Bertz CT molecular complexity index is 465. The smallest absolute Gasteiger partial charge is 0.186 e. The summed E-state index contributed by atoms with van der Waals surface area (Å²) in [6, 6.07) is 0.675. The van der Waals surface area contributed by atoms with E-state index >= 15 is 0 Å². The maximum absolute atomic E-state index is 10.2. The molecule has 1 atom stereocenters. The lowest BCUT2D eigenvalue weighted by Crippen LogP contribution is -2.34. The lowest BCUT2D eigenvalue weighted by molar-refractivity contribution is 0.153. The van der Waals surface area contributed by atoms with E-state index in [4.69, 9.17) is 4.98 Å². The third kappa shape index (κ3) is 3.42. The Morgan fingerprint density at radius 2 is 2.00 bits per heavy atom. The summed E-state index contributed by atoms with van der Waals surface area (Å²) >= 11 is 1.84. The number of fused-ring (bicyclic) bond motifs is 1. The number of aliphatic hydroxyl groups is 1. The van der Waals surface area contributed by atoms with Crippen molar-refractivity contribution in [1.82, 2.24) is 4.98 Å². The quantitative estimate of drug-likeness (QED) is 0.880. The van der Waals surface area contributed by atoms with Crippen molar-refractivity contribution in [2.24, 2.45) is 5.92 Å². The van der Waals surface area contributed by atoms with Crippen LogP contribution in [-0.4, -0.2) is 22.7 Å². The zero-order valence-corrected chi connectivity index (χ0v) is 14.2. The van der Waals surface area contributed by atoms with Gasteiger partial charge < -0.3 is 10.0 Å². The first-order valence-electron chi connectivity index (χ1n) is 8.59. The van der Waals surface area contributed by atoms with Crippen molar-refractivity contribution in [2.45, 2.75) is 77.4 Å². The third-order valence-corrected chi connectivity index (χ3v) is 6.04. The second-order valence-electron chi connectivity index (χ2n) is 7.03. The summed E-state index contributed by atoms with van der Waals surface area (Å²) in [5.74, 6) is 0.731. The summed E-state index contributed by atoms with van der Waals surface area (Å²) in [7, 11) is 0. The van der Waals surface area contributed by atoms with Crippen LogP contribution in [0.4, 0.5) is 5.13 Å². The predicted molar refractivity (Wildman–Crippen MR) is 89.1 cm³/mol. The Kier molecular flexibility index (Phi) is 4.85. The van der Waals surface area contributed by atoms with E-state index in [1.54, 1.807) is 0 Å². The Morgan fingerprint density at radius 1 is 1.24 bits per heavy atom. The number of thiazole rings is 1. The number of anilines is 1. The van der Waals surface area contributed by atoms with Crippen LogP contribution in [0.1, 0.15) is 75.5 Å². The minimum Gasteiger partial charge on any atom is -0.387 e. The van der Waals surface area contributed by atoms with E-state index in [-0.39, 0.29) is 6.10 Å². The summed E-state index contributed by atoms with van der Waals surface area (Å²) < 4.78 is 0. The van der Waals surface area contributed by atoms with Gasteiger partial charge in [0.1, 0.15) is 0 Å². The van der Waals surface area contributed by atoms with E-state index in [2.05, 4.69) is 18.7 Å². The number of rotatable bonds is 5. The average molecular weight is 308 g/mol. The predicted octanol–water partition coefficient (Wildman–Crippen LogP) is 4.31. The van der Waals surface area contributed by atoms with E-state index in [1.165, 1.54) is 42.1 Å². The number of aliphatic hydroxyl groups excluding tert-OH is 1. The van der Waals surface area contributed by atoms with Gasteiger partial charge >= 0.3 is 0 Å². The fourth-order valence-corrected chi connectivity index (χ4v) is 4.81. The molecule has 2 aliphatic rings. The molecule has 0 bridgehead atoms. The van der Waals surface area contributed by atoms with E-state index < -0.39 is 0 Å². The van der Waals surface area contributed by atoms with Crippen molar-refractivity contribution >= 4 is 16.5 Å². The number of hydrogen-bond acceptors (Lipinski definition) is 4. The molecule has 1 aromatic rings. The largest absolute Gasteiger partial charge is 0.387 e. The molecule has 0 aromatic carbocycles. The highest BCUT2D eigenvalue weighted by Crippen LogP contribution is 2.39. The molecule has 118 valence electrons. The van der Waals surface area contributed by atoms with Gasteiger partial charge in [0.2, 0.25) is 0 Å². The van der Waals surface area contributed by atoms with E-state index in [9.17, 15) is 5.11 Å². The Labute approximate surface area is 132 Å². The molecule has 0 radical (unpaired) electrons. The first-order chi connectivity index (χ1) is 10.1. The molecule has 1 saturated carbocycles. The lowest BCUT2D eigenvalue weighted by Gasteiger charge is -2.29. The van der Waals surface area contributed by atoms with Gasteiger partial charge in [-0.3, -0.25) is 0 Å². The molecule has 3 nitrogen and oxygen atoms in total. The zero-order chi connectivity index (χ0) is 14.8. The molecule has 0 aliphatic heterocycles. The Hall–Kier alpha value is -0.610. The fraction of sp³-hybridized carbons (Fsp3) is 0.824. The molecule has 1 unspecified atom stereocenters. The SMILES string of the molecule is CC(C)CCN(c1nc2c(s1)CCCC2O)C1CCCC1. The van der Waals surface area contributed by atoms with E-state index in [0.717, 1.165) is 37.4 Å². The summed E-state index contributed by atoms with van der Waals surface area (Å²) in [5, 5.41) is 11.3. The second kappa shape index (κ2) is 6.66. The second-order valence-corrected chi connectivity index (χ2v) is 8.09. The molecule has 2 aliphatic carbocycles. The highest BCUT2D eigenvalue weighted by atomic mass is 32.1. The molecule has 0 spiro atoms. The Balaban J connectivity index is 1.81. The molecule has 21 heavy (non-hydrogen) atoms. The number of aromatic nitrogens is 1. The molecule has 1 fully saturated rings. The number of nitrogens with zero attached hydrogens (tertiary/aromatic N) is 2. The summed E-state index contributed by atoms with van der Waals surface area (Å²) in [4.78, 5) is 8.74. The van der Waals surface area contributed by atoms with Crippen LogP contribution in [0.3, 0.4) is 0 Å². The molecule has 0 saturated heterocycles. The van der Waals surface area contributed by atoms with Crippen LogP contribution in [0.5, 0.6) is 0 Å². The van der Waals surface area contributed by atoms with Crippen molar-refractivity contribution < 1.29 is 5.11 Å². The van der Waals surface area contributed by atoms with Crippen molar-refractivity contribution in [2.75, 3.05) is 11.4 Å². The first-order valence-corrected chi connectivity index (χ1v) is 9.41. The first kappa shape index (κ1) is 15.3. The minimum atomic E-state index is -0.325. The monoisotopic (exact) mass is 308 g/mol. The van der Waals surface area contributed by atoms with Gasteiger partial charge in [-0.2, -0.15) is 0 Å². The van der Waals surface area contributed by atoms with Crippen LogP contribution >= 0.6 is 11.3 Å². The van der Waals surface area contributed by atoms with Crippen molar-refractivity contribution in [3.63, 3.8) is 0 Å². The summed E-state index contributed by atoms with van der Waals surface area (Å²) in [6.07, 6.45) is 9.32. The average Bonchev–Trinajstić information content (AvgIpc) is 3.08. The molecule has 4 heteroatoms. The normalized spacial score (nSPS) is 22.8. The van der Waals surface area contributed by atoms with Crippen molar-refractivity contribution in [3.05, 3.63) is 10.6 Å². The summed E-state index contributed by atoms with van der Waals surface area (Å²) in [5.41, 5.74) is 0.980. The van der Waals surface area contributed by atoms with Crippen LogP contribution in [0.15, 0.2) is 0 Å². The number of hydrogen-bond donors (Lipinski definition) is 1. The van der Waals surface area contributed by atoms with Crippen LogP contribution in [0.2, 0.25) is 0 Å². The van der Waals surface area contributed by atoms with Gasteiger partial charge in [0.25, 0.3) is 0 Å². The van der Waals surface area contributed by atoms with E-state index in [0.29, 0.717) is 6.04 Å². The van der Waals surface area contributed by atoms with Crippen LogP contribution in [0.25, 0.3) is 0 Å². The highest BCUT2D eigenvalue weighted by molar-refractivity contribution is 7.15. The van der Waals surface area contributed by atoms with Gasteiger partial charge in [0, 0.05) is 17.5 Å².